The summed E-state index contributed by atoms with van der Waals surface area (Å²) in [6.45, 7) is 0.538. The number of nitrogens with zero attached hydrogens (tertiary/aromatic N) is 1. The highest BCUT2D eigenvalue weighted by Crippen LogP contribution is 2.39. The largest absolute Gasteiger partial charge is 0.465 e. The number of esters is 1. The van der Waals surface area contributed by atoms with Crippen LogP contribution < -0.4 is 10.2 Å². The first kappa shape index (κ1) is 13.9. The number of ether oxygens (including phenoxy) is 1. The fourth-order valence-corrected chi connectivity index (χ4v) is 3.46. The van der Waals surface area contributed by atoms with Crippen molar-refractivity contribution in [1.82, 2.24) is 5.32 Å². The second kappa shape index (κ2) is 5.39. The SMILES string of the molecule is COC(=O)c1ccc(N2CNC(=O)C23CCCCC3)cc1. The van der Waals surface area contributed by atoms with E-state index in [4.69, 9.17) is 4.74 Å². The van der Waals surface area contributed by atoms with E-state index in [1.807, 2.05) is 12.1 Å². The molecule has 0 radical (unpaired) electrons. The van der Waals surface area contributed by atoms with Crippen LogP contribution in [-0.2, 0) is 9.53 Å². The minimum Gasteiger partial charge on any atom is -0.465 e. The average molecular weight is 288 g/mol. The van der Waals surface area contributed by atoms with Crippen molar-refractivity contribution in [1.29, 1.82) is 0 Å². The monoisotopic (exact) mass is 288 g/mol. The summed E-state index contributed by atoms with van der Waals surface area (Å²) in [7, 11) is 1.37. The molecule has 0 atom stereocenters. The number of nitrogens with one attached hydrogen (secondary N) is 1. The van der Waals surface area contributed by atoms with E-state index in [0.717, 1.165) is 31.4 Å². The van der Waals surface area contributed by atoms with E-state index in [1.165, 1.54) is 13.5 Å². The van der Waals surface area contributed by atoms with Crippen molar-refractivity contribution in [2.24, 2.45) is 0 Å². The summed E-state index contributed by atoms with van der Waals surface area (Å²) in [5.41, 5.74) is 1.10. The normalized spacial score (nSPS) is 20.4. The summed E-state index contributed by atoms with van der Waals surface area (Å²) < 4.78 is 4.71. The lowest BCUT2D eigenvalue weighted by atomic mass is 9.80. The zero-order valence-corrected chi connectivity index (χ0v) is 12.2. The topological polar surface area (TPSA) is 58.6 Å². The third kappa shape index (κ3) is 2.26. The molecule has 0 aromatic heterocycles. The molecule has 1 saturated carbocycles. The van der Waals surface area contributed by atoms with Gasteiger partial charge in [0, 0.05) is 5.69 Å². The third-order valence-electron chi connectivity index (χ3n) is 4.62. The van der Waals surface area contributed by atoms with E-state index >= 15 is 0 Å². The van der Waals surface area contributed by atoms with Gasteiger partial charge in [-0.2, -0.15) is 0 Å². The van der Waals surface area contributed by atoms with Crippen molar-refractivity contribution < 1.29 is 14.3 Å². The van der Waals surface area contributed by atoms with E-state index in [-0.39, 0.29) is 11.9 Å². The van der Waals surface area contributed by atoms with Crippen LogP contribution in [0.1, 0.15) is 42.5 Å². The molecule has 1 aliphatic carbocycles. The Morgan fingerprint density at radius 3 is 2.48 bits per heavy atom. The second-order valence-electron chi connectivity index (χ2n) is 5.72. The number of rotatable bonds is 2. The summed E-state index contributed by atoms with van der Waals surface area (Å²) in [6, 6.07) is 7.28. The van der Waals surface area contributed by atoms with E-state index in [0.29, 0.717) is 12.2 Å². The second-order valence-corrected chi connectivity index (χ2v) is 5.72. The van der Waals surface area contributed by atoms with Crippen molar-refractivity contribution >= 4 is 17.6 Å². The fraction of sp³-hybridized carbons (Fsp3) is 0.500. The zero-order chi connectivity index (χ0) is 14.9. The fourth-order valence-electron chi connectivity index (χ4n) is 3.46. The molecule has 1 N–H and O–H groups in total. The quantitative estimate of drug-likeness (QED) is 0.846. The Bertz CT molecular complexity index is 547. The van der Waals surface area contributed by atoms with Gasteiger partial charge in [0.05, 0.1) is 19.3 Å². The molecule has 0 unspecified atom stereocenters. The molecule has 1 aromatic rings. The molecule has 1 heterocycles. The molecule has 1 aliphatic heterocycles. The number of carbonyl (C=O) groups is 2. The molecule has 0 bridgehead atoms. The molecule has 1 saturated heterocycles. The van der Waals surface area contributed by atoms with Crippen LogP contribution in [-0.4, -0.2) is 31.2 Å². The van der Waals surface area contributed by atoms with Gasteiger partial charge in [-0.3, -0.25) is 4.79 Å². The Balaban J connectivity index is 1.88. The number of methoxy groups -OCH3 is 1. The summed E-state index contributed by atoms with van der Waals surface area (Å²) in [6.07, 6.45) is 5.17. The van der Waals surface area contributed by atoms with Crippen molar-refractivity contribution in [2.45, 2.75) is 37.6 Å². The number of hydrogen-bond donors (Lipinski definition) is 1. The van der Waals surface area contributed by atoms with Gasteiger partial charge in [-0.05, 0) is 37.1 Å². The van der Waals surface area contributed by atoms with Gasteiger partial charge in [-0.1, -0.05) is 19.3 Å². The lowest BCUT2D eigenvalue weighted by molar-refractivity contribution is -0.124. The maximum Gasteiger partial charge on any atom is 0.337 e. The van der Waals surface area contributed by atoms with Gasteiger partial charge in [-0.15, -0.1) is 0 Å². The molecule has 112 valence electrons. The highest BCUT2D eigenvalue weighted by Gasteiger charge is 2.48. The Kier molecular flexibility index (Phi) is 3.57. The van der Waals surface area contributed by atoms with Crippen LogP contribution in [0.2, 0.25) is 0 Å². The zero-order valence-electron chi connectivity index (χ0n) is 12.2. The first-order chi connectivity index (χ1) is 10.2. The Hall–Kier alpha value is -2.04. The summed E-state index contributed by atoms with van der Waals surface area (Å²) >= 11 is 0. The number of amides is 1. The number of hydrogen-bond acceptors (Lipinski definition) is 4. The molecular formula is C16H20N2O3. The third-order valence-corrected chi connectivity index (χ3v) is 4.62. The molecule has 1 amide bonds. The number of benzene rings is 1. The molecule has 21 heavy (non-hydrogen) atoms. The van der Waals surface area contributed by atoms with Gasteiger partial charge >= 0.3 is 5.97 Å². The van der Waals surface area contributed by atoms with Crippen LogP contribution in [0.5, 0.6) is 0 Å². The van der Waals surface area contributed by atoms with E-state index in [9.17, 15) is 9.59 Å². The smallest absolute Gasteiger partial charge is 0.337 e. The Labute approximate surface area is 124 Å². The molecule has 2 aliphatic rings. The van der Waals surface area contributed by atoms with Crippen LogP contribution in [0.15, 0.2) is 24.3 Å². The molecule has 2 fully saturated rings. The average Bonchev–Trinajstić information content (AvgIpc) is 2.84. The summed E-state index contributed by atoms with van der Waals surface area (Å²) in [5.74, 6) is -0.205. The highest BCUT2D eigenvalue weighted by atomic mass is 16.5. The maximum absolute atomic E-state index is 12.3. The Morgan fingerprint density at radius 2 is 1.86 bits per heavy atom. The first-order valence-electron chi connectivity index (χ1n) is 7.42. The minimum absolute atomic E-state index is 0.138. The van der Waals surface area contributed by atoms with E-state index in [1.54, 1.807) is 12.1 Å². The maximum atomic E-state index is 12.3. The standard InChI is InChI=1S/C16H20N2O3/c1-21-14(19)12-5-7-13(8-6-12)18-11-17-15(20)16(18)9-3-2-4-10-16/h5-8H,2-4,9-11H2,1H3,(H,17,20). The van der Waals surface area contributed by atoms with Crippen molar-refractivity contribution in [2.75, 3.05) is 18.7 Å². The lowest BCUT2D eigenvalue weighted by Crippen LogP contribution is -2.50. The van der Waals surface area contributed by atoms with E-state index in [2.05, 4.69) is 10.2 Å². The van der Waals surface area contributed by atoms with Crippen LogP contribution in [0.4, 0.5) is 5.69 Å². The molecule has 1 spiro atoms. The number of carbonyl (C=O) groups excluding carboxylic acids is 2. The molecular weight excluding hydrogens is 268 g/mol. The van der Waals surface area contributed by atoms with Gasteiger partial charge in [0.15, 0.2) is 0 Å². The predicted molar refractivity (Wildman–Crippen MR) is 79.1 cm³/mol. The minimum atomic E-state index is -0.398. The molecule has 5 heteroatoms. The summed E-state index contributed by atoms with van der Waals surface area (Å²) in [4.78, 5) is 26.0. The lowest BCUT2D eigenvalue weighted by Gasteiger charge is -2.39. The molecule has 5 nitrogen and oxygen atoms in total. The van der Waals surface area contributed by atoms with Gasteiger partial charge in [-0.25, -0.2) is 4.79 Å². The summed E-state index contributed by atoms with van der Waals surface area (Å²) in [5, 5.41) is 2.97. The van der Waals surface area contributed by atoms with Crippen molar-refractivity contribution in [3.8, 4) is 0 Å². The van der Waals surface area contributed by atoms with Crippen LogP contribution in [0.25, 0.3) is 0 Å². The predicted octanol–water partition coefficient (Wildman–Crippen LogP) is 2.07. The van der Waals surface area contributed by atoms with Crippen molar-refractivity contribution in [3.63, 3.8) is 0 Å². The first-order valence-corrected chi connectivity index (χ1v) is 7.42. The van der Waals surface area contributed by atoms with E-state index < -0.39 is 5.54 Å². The van der Waals surface area contributed by atoms with Gasteiger partial charge < -0.3 is 15.0 Å². The van der Waals surface area contributed by atoms with Gasteiger partial charge in [0.25, 0.3) is 0 Å². The van der Waals surface area contributed by atoms with Crippen LogP contribution >= 0.6 is 0 Å². The Morgan fingerprint density at radius 1 is 1.19 bits per heavy atom. The van der Waals surface area contributed by atoms with Gasteiger partial charge in [0.1, 0.15) is 5.54 Å². The molecule has 1 aromatic carbocycles. The van der Waals surface area contributed by atoms with Gasteiger partial charge in [0.2, 0.25) is 5.91 Å². The van der Waals surface area contributed by atoms with Crippen molar-refractivity contribution in [3.05, 3.63) is 29.8 Å². The molecule has 3 rings (SSSR count). The highest BCUT2D eigenvalue weighted by molar-refractivity contribution is 5.94. The number of anilines is 1. The van der Waals surface area contributed by atoms with Crippen LogP contribution in [0, 0.1) is 0 Å². The van der Waals surface area contributed by atoms with Crippen LogP contribution in [0.3, 0.4) is 0 Å².